The first kappa shape index (κ1) is 19.2. The summed E-state index contributed by atoms with van der Waals surface area (Å²) in [5.74, 6) is 0. The molecule has 0 unspecified atom stereocenters. The molecule has 4 aromatic rings. The van der Waals surface area contributed by atoms with E-state index >= 15 is 0 Å². The fraction of sp³-hybridized carbons (Fsp3) is 0.172. The van der Waals surface area contributed by atoms with Crippen molar-refractivity contribution >= 4 is 0 Å². The maximum absolute atomic E-state index is 2.22. The molecule has 0 aliphatic heterocycles. The van der Waals surface area contributed by atoms with Gasteiger partial charge in [0, 0.05) is 0 Å². The fourth-order valence-electron chi connectivity index (χ4n) is 4.17. The fourth-order valence-corrected chi connectivity index (χ4v) is 4.17. The maximum Gasteiger partial charge on any atom is -0.00135 e. The molecular formula is C29H28. The topological polar surface area (TPSA) is 0 Å². The molecule has 0 radical (unpaired) electrons. The first-order chi connectivity index (χ1) is 14.1. The van der Waals surface area contributed by atoms with E-state index in [-0.39, 0.29) is 0 Å². The molecule has 0 saturated carbocycles. The summed E-state index contributed by atoms with van der Waals surface area (Å²) in [6.07, 6.45) is 1.10. The lowest BCUT2D eigenvalue weighted by molar-refractivity contribution is 1.26. The van der Waals surface area contributed by atoms with Gasteiger partial charge in [0.15, 0.2) is 0 Å². The lowest BCUT2D eigenvalue weighted by atomic mass is 9.92. The minimum Gasteiger partial charge on any atom is -0.0619 e. The summed E-state index contributed by atoms with van der Waals surface area (Å²) in [4.78, 5) is 0. The summed E-state index contributed by atoms with van der Waals surface area (Å²) in [6, 6.07) is 30.4. The molecule has 0 aromatic heterocycles. The molecule has 0 heterocycles. The van der Waals surface area contributed by atoms with E-state index in [1.807, 2.05) is 0 Å². The van der Waals surface area contributed by atoms with Gasteiger partial charge in [0.05, 0.1) is 0 Å². The molecule has 0 amide bonds. The van der Waals surface area contributed by atoms with Crippen LogP contribution in [0.1, 0.15) is 33.4 Å². The molecule has 0 heteroatoms. The minimum atomic E-state index is 1.10. The largest absolute Gasteiger partial charge is 0.0619 e. The zero-order valence-electron chi connectivity index (χ0n) is 17.8. The van der Waals surface area contributed by atoms with Crippen LogP contribution in [0.3, 0.4) is 0 Å². The Morgan fingerprint density at radius 1 is 0.414 bits per heavy atom. The highest BCUT2D eigenvalue weighted by Crippen LogP contribution is 2.35. The summed E-state index contributed by atoms with van der Waals surface area (Å²) in [7, 11) is 0. The molecule has 0 N–H and O–H groups in total. The Bertz CT molecular complexity index is 1070. The molecule has 29 heavy (non-hydrogen) atoms. The normalized spacial score (nSPS) is 11.3. The Balaban J connectivity index is 0.000000144. The second-order valence-corrected chi connectivity index (χ2v) is 7.99. The van der Waals surface area contributed by atoms with Gasteiger partial charge in [-0.1, -0.05) is 84.9 Å². The van der Waals surface area contributed by atoms with E-state index in [1.54, 1.807) is 0 Å². The third kappa shape index (κ3) is 3.76. The summed E-state index contributed by atoms with van der Waals surface area (Å²) in [5.41, 5.74) is 14.0. The van der Waals surface area contributed by atoms with Crippen LogP contribution in [0.2, 0.25) is 0 Å². The van der Waals surface area contributed by atoms with Gasteiger partial charge in [-0.05, 0) is 89.8 Å². The van der Waals surface area contributed by atoms with Crippen LogP contribution >= 0.6 is 0 Å². The van der Waals surface area contributed by atoms with Crippen molar-refractivity contribution in [2.24, 2.45) is 0 Å². The van der Waals surface area contributed by atoms with Crippen LogP contribution in [0.15, 0.2) is 84.9 Å². The lowest BCUT2D eigenvalue weighted by Gasteiger charge is -2.12. The van der Waals surface area contributed by atoms with Crippen LogP contribution in [-0.2, 0) is 6.42 Å². The maximum atomic E-state index is 2.22. The molecule has 4 aromatic carbocycles. The van der Waals surface area contributed by atoms with E-state index in [0.717, 1.165) is 6.42 Å². The molecule has 1 aliphatic rings. The molecule has 0 fully saturated rings. The second kappa shape index (κ2) is 8.09. The summed E-state index contributed by atoms with van der Waals surface area (Å²) >= 11 is 0. The van der Waals surface area contributed by atoms with Crippen molar-refractivity contribution in [1.82, 2.24) is 0 Å². The molecule has 1 aliphatic carbocycles. The Morgan fingerprint density at radius 2 is 0.793 bits per heavy atom. The van der Waals surface area contributed by atoms with Crippen molar-refractivity contribution in [3.05, 3.63) is 118 Å². The van der Waals surface area contributed by atoms with Gasteiger partial charge in [-0.25, -0.2) is 0 Å². The summed E-state index contributed by atoms with van der Waals surface area (Å²) in [5, 5.41) is 0. The highest BCUT2D eigenvalue weighted by molar-refractivity contribution is 5.76. The number of fused-ring (bicyclic) bond motifs is 3. The van der Waals surface area contributed by atoms with Crippen LogP contribution in [-0.4, -0.2) is 0 Å². The van der Waals surface area contributed by atoms with Crippen LogP contribution in [0.25, 0.3) is 22.3 Å². The van der Waals surface area contributed by atoms with Crippen molar-refractivity contribution in [2.45, 2.75) is 34.1 Å². The predicted molar refractivity (Wildman–Crippen MR) is 126 cm³/mol. The minimum absolute atomic E-state index is 1.10. The predicted octanol–water partition coefficient (Wildman–Crippen LogP) is 7.85. The van der Waals surface area contributed by atoms with E-state index < -0.39 is 0 Å². The van der Waals surface area contributed by atoms with E-state index in [9.17, 15) is 0 Å². The molecular weight excluding hydrogens is 348 g/mol. The first-order valence-corrected chi connectivity index (χ1v) is 10.3. The van der Waals surface area contributed by atoms with Gasteiger partial charge in [-0.2, -0.15) is 0 Å². The lowest BCUT2D eigenvalue weighted by Crippen LogP contribution is -1.91. The van der Waals surface area contributed by atoms with Crippen molar-refractivity contribution < 1.29 is 0 Å². The molecule has 0 nitrogen and oxygen atoms in total. The molecule has 0 atom stereocenters. The van der Waals surface area contributed by atoms with Gasteiger partial charge in [0.2, 0.25) is 0 Å². The Morgan fingerprint density at radius 3 is 1.24 bits per heavy atom. The van der Waals surface area contributed by atoms with Crippen molar-refractivity contribution in [1.29, 1.82) is 0 Å². The third-order valence-electron chi connectivity index (χ3n) is 6.21. The van der Waals surface area contributed by atoms with Gasteiger partial charge in [-0.3, -0.25) is 0 Å². The quantitative estimate of drug-likeness (QED) is 0.279. The molecule has 0 spiro atoms. The van der Waals surface area contributed by atoms with E-state index in [4.69, 9.17) is 0 Å². The smallest absolute Gasteiger partial charge is 0.00135 e. The standard InChI is InChI=1S/C16H18.C13H10/c1-11-7-5-9-15(13(11)3)16-10-6-8-12(2)14(16)4;1-3-7-12-10(5-1)9-11-6-2-4-8-13(11)12/h5-10H,1-4H3;1-8H,9H2. The molecule has 0 bridgehead atoms. The molecule has 144 valence electrons. The second-order valence-electron chi connectivity index (χ2n) is 7.99. The summed E-state index contributed by atoms with van der Waals surface area (Å²) < 4.78 is 0. The van der Waals surface area contributed by atoms with Crippen molar-refractivity contribution in [2.75, 3.05) is 0 Å². The number of rotatable bonds is 1. The van der Waals surface area contributed by atoms with Gasteiger partial charge in [0.1, 0.15) is 0 Å². The number of aryl methyl sites for hydroxylation is 2. The Hall–Kier alpha value is -3.12. The van der Waals surface area contributed by atoms with Gasteiger partial charge in [0.25, 0.3) is 0 Å². The monoisotopic (exact) mass is 376 g/mol. The van der Waals surface area contributed by atoms with Crippen LogP contribution in [0.4, 0.5) is 0 Å². The Labute approximate surface area is 174 Å². The zero-order chi connectivity index (χ0) is 20.4. The highest BCUT2D eigenvalue weighted by Gasteiger charge is 2.15. The van der Waals surface area contributed by atoms with Crippen molar-refractivity contribution in [3.8, 4) is 22.3 Å². The third-order valence-corrected chi connectivity index (χ3v) is 6.21. The number of benzene rings is 4. The van der Waals surface area contributed by atoms with Crippen LogP contribution in [0, 0.1) is 27.7 Å². The van der Waals surface area contributed by atoms with Gasteiger partial charge < -0.3 is 0 Å². The molecule has 0 saturated heterocycles. The Kier molecular flexibility index (Phi) is 5.36. The average Bonchev–Trinajstić information content (AvgIpc) is 3.12. The van der Waals surface area contributed by atoms with E-state index in [1.165, 1.54) is 55.6 Å². The highest BCUT2D eigenvalue weighted by atomic mass is 14.2. The number of hydrogen-bond donors (Lipinski definition) is 0. The number of hydrogen-bond acceptors (Lipinski definition) is 0. The van der Waals surface area contributed by atoms with E-state index in [0.29, 0.717) is 0 Å². The van der Waals surface area contributed by atoms with Crippen LogP contribution in [0.5, 0.6) is 0 Å². The molecule has 5 rings (SSSR count). The summed E-state index contributed by atoms with van der Waals surface area (Å²) in [6.45, 7) is 8.74. The average molecular weight is 377 g/mol. The van der Waals surface area contributed by atoms with Crippen LogP contribution < -0.4 is 0 Å². The SMILES string of the molecule is Cc1cccc(-c2cccc(C)c2C)c1C.c1ccc2c(c1)Cc1ccccc1-2. The van der Waals surface area contributed by atoms with E-state index in [2.05, 4.69) is 113 Å². The van der Waals surface area contributed by atoms with Crippen molar-refractivity contribution in [3.63, 3.8) is 0 Å². The van der Waals surface area contributed by atoms with Gasteiger partial charge in [-0.15, -0.1) is 0 Å². The first-order valence-electron chi connectivity index (χ1n) is 10.3. The zero-order valence-corrected chi connectivity index (χ0v) is 17.8. The van der Waals surface area contributed by atoms with Gasteiger partial charge >= 0.3 is 0 Å².